The lowest BCUT2D eigenvalue weighted by Crippen LogP contribution is -2.42. The van der Waals surface area contributed by atoms with E-state index in [0.717, 1.165) is 19.6 Å². The molecule has 0 atom stereocenters. The predicted octanol–water partition coefficient (Wildman–Crippen LogP) is 5.82. The van der Waals surface area contributed by atoms with Gasteiger partial charge >= 0.3 is 0 Å². The quantitative estimate of drug-likeness (QED) is 0.515. The Labute approximate surface area is 177 Å². The Hall–Kier alpha value is -2.56. The second-order valence-electron chi connectivity index (χ2n) is 7.77. The maximum absolute atomic E-state index is 4.50. The van der Waals surface area contributed by atoms with Gasteiger partial charge in [-0.25, -0.2) is 4.40 Å². The van der Waals surface area contributed by atoms with Gasteiger partial charge in [0, 0.05) is 37.5 Å². The molecule has 3 aromatic carbocycles. The van der Waals surface area contributed by atoms with Crippen LogP contribution in [0.3, 0.4) is 0 Å². The van der Waals surface area contributed by atoms with Gasteiger partial charge in [0.1, 0.15) is 0 Å². The van der Waals surface area contributed by atoms with Gasteiger partial charge in [0.15, 0.2) is 0 Å². The van der Waals surface area contributed by atoms with Crippen molar-refractivity contribution >= 4 is 24.0 Å². The third-order valence-electron chi connectivity index (χ3n) is 5.86. The van der Waals surface area contributed by atoms with E-state index < -0.39 is 0 Å². The van der Waals surface area contributed by atoms with Crippen LogP contribution in [0.15, 0.2) is 83.3 Å². The van der Waals surface area contributed by atoms with Crippen LogP contribution in [0.5, 0.6) is 0 Å². The summed E-state index contributed by atoms with van der Waals surface area (Å²) in [5.41, 5.74) is 6.50. The van der Waals surface area contributed by atoms with Gasteiger partial charge in [0.05, 0.1) is 17.8 Å². The summed E-state index contributed by atoms with van der Waals surface area (Å²) < 4.78 is 6.92. The van der Waals surface area contributed by atoms with Crippen molar-refractivity contribution in [3.05, 3.63) is 90.0 Å². The molecule has 0 aliphatic carbocycles. The fourth-order valence-corrected chi connectivity index (χ4v) is 5.10. The Kier molecular flexibility index (Phi) is 5.37. The zero-order valence-electron chi connectivity index (χ0n) is 16.4. The zero-order valence-corrected chi connectivity index (χ0v) is 17.3. The largest absolute Gasteiger partial charge is 0.299 e. The fraction of sp³-hybridized carbons (Fsp3) is 0.240. The molecule has 0 radical (unpaired) electrons. The minimum Gasteiger partial charge on any atom is -0.299 e. The Balaban J connectivity index is 1.19. The van der Waals surface area contributed by atoms with Gasteiger partial charge in [-0.2, -0.15) is 0 Å². The molecule has 29 heavy (non-hydrogen) atoms. The van der Waals surface area contributed by atoms with Crippen LogP contribution in [0.2, 0.25) is 0 Å². The molecule has 0 spiro atoms. The first-order valence-electron chi connectivity index (χ1n) is 10.3. The number of nitrogens with zero attached hydrogens (tertiary/aromatic N) is 3. The third-order valence-corrected chi connectivity index (χ3v) is 6.73. The maximum atomic E-state index is 4.50. The molecule has 146 valence electrons. The molecule has 0 saturated carbocycles. The van der Waals surface area contributed by atoms with Gasteiger partial charge in [0.25, 0.3) is 0 Å². The van der Waals surface area contributed by atoms with E-state index in [2.05, 4.69) is 92.5 Å². The Morgan fingerprint density at radius 2 is 1.48 bits per heavy atom. The summed E-state index contributed by atoms with van der Waals surface area (Å²) in [5, 5.41) is 0. The summed E-state index contributed by atoms with van der Waals surface area (Å²) in [7, 11) is 0. The number of piperidine rings is 1. The second kappa shape index (κ2) is 8.44. The number of anilines is 1. The standard InChI is InChI=1S/C25H25N3S/c1-2-6-21(7-3-1)22-12-10-20(11-13-22)19-27-16-14-24(15-17-27)28-25-9-5-4-8-23(25)18-26-29-28/h1-13,18,24H,14-17,19H2. The summed E-state index contributed by atoms with van der Waals surface area (Å²) in [4.78, 5) is 2.58. The molecule has 0 unspecified atom stereocenters. The van der Waals surface area contributed by atoms with Crippen molar-refractivity contribution in [1.82, 2.24) is 4.90 Å². The number of fused-ring (bicyclic) bond motifs is 1. The van der Waals surface area contributed by atoms with E-state index in [4.69, 9.17) is 0 Å². The first-order valence-corrected chi connectivity index (χ1v) is 11.1. The molecule has 2 aliphatic rings. The van der Waals surface area contributed by atoms with E-state index in [1.54, 1.807) is 12.1 Å². The second-order valence-corrected chi connectivity index (χ2v) is 8.54. The Bertz CT molecular complexity index is 976. The number of likely N-dealkylation sites (tertiary alicyclic amines) is 1. The van der Waals surface area contributed by atoms with Crippen LogP contribution in [0.4, 0.5) is 5.69 Å². The van der Waals surface area contributed by atoms with E-state index >= 15 is 0 Å². The molecule has 2 heterocycles. The third kappa shape index (κ3) is 4.09. The monoisotopic (exact) mass is 399 g/mol. The highest BCUT2D eigenvalue weighted by atomic mass is 32.2. The van der Waals surface area contributed by atoms with E-state index in [1.165, 1.54) is 40.8 Å². The lowest BCUT2D eigenvalue weighted by atomic mass is 10.0. The summed E-state index contributed by atoms with van der Waals surface area (Å²) in [6, 6.07) is 28.8. The number of para-hydroxylation sites is 1. The summed E-state index contributed by atoms with van der Waals surface area (Å²) in [6.45, 7) is 3.30. The van der Waals surface area contributed by atoms with Crippen LogP contribution in [0, 0.1) is 0 Å². The number of benzene rings is 3. The lowest BCUT2D eigenvalue weighted by Gasteiger charge is -2.39. The van der Waals surface area contributed by atoms with Crippen LogP contribution in [0.25, 0.3) is 11.1 Å². The highest BCUT2D eigenvalue weighted by Gasteiger charge is 2.28. The molecule has 1 fully saturated rings. The van der Waals surface area contributed by atoms with E-state index in [-0.39, 0.29) is 0 Å². The van der Waals surface area contributed by atoms with Crippen molar-refractivity contribution in [2.24, 2.45) is 4.40 Å². The predicted molar refractivity (Wildman–Crippen MR) is 124 cm³/mol. The van der Waals surface area contributed by atoms with Gasteiger partial charge in [-0.3, -0.25) is 9.21 Å². The number of hydrogen-bond donors (Lipinski definition) is 0. The zero-order chi connectivity index (χ0) is 19.5. The molecule has 3 nitrogen and oxygen atoms in total. The molecule has 3 aromatic rings. The first-order chi connectivity index (χ1) is 14.4. The average Bonchev–Trinajstić information content (AvgIpc) is 2.80. The van der Waals surface area contributed by atoms with Crippen LogP contribution in [0.1, 0.15) is 24.0 Å². The molecule has 5 rings (SSSR count). The van der Waals surface area contributed by atoms with E-state index in [0.29, 0.717) is 6.04 Å². The van der Waals surface area contributed by atoms with Crippen molar-refractivity contribution in [3.63, 3.8) is 0 Å². The SMILES string of the molecule is C1=NSN(C2CCN(Cc3ccc(-c4ccccc4)cc3)CC2)c2ccccc21. The topological polar surface area (TPSA) is 18.8 Å². The van der Waals surface area contributed by atoms with Gasteiger partial charge in [-0.1, -0.05) is 72.8 Å². The molecular formula is C25H25N3S. The average molecular weight is 400 g/mol. The van der Waals surface area contributed by atoms with Crippen molar-refractivity contribution < 1.29 is 0 Å². The molecule has 1 saturated heterocycles. The highest BCUT2D eigenvalue weighted by Crippen LogP contribution is 2.35. The van der Waals surface area contributed by atoms with Crippen LogP contribution < -0.4 is 4.31 Å². The van der Waals surface area contributed by atoms with Gasteiger partial charge in [0.2, 0.25) is 0 Å². The van der Waals surface area contributed by atoms with E-state index in [9.17, 15) is 0 Å². The van der Waals surface area contributed by atoms with Crippen molar-refractivity contribution in [3.8, 4) is 11.1 Å². The summed E-state index contributed by atoms with van der Waals surface area (Å²) >= 11 is 1.60. The normalized spacial score (nSPS) is 17.3. The fourth-order valence-electron chi connectivity index (χ4n) is 4.24. The number of hydrogen-bond acceptors (Lipinski definition) is 4. The van der Waals surface area contributed by atoms with Gasteiger partial charge in [-0.05, 0) is 35.6 Å². The van der Waals surface area contributed by atoms with Crippen molar-refractivity contribution in [1.29, 1.82) is 0 Å². The van der Waals surface area contributed by atoms with Crippen LogP contribution >= 0.6 is 12.1 Å². The highest BCUT2D eigenvalue weighted by molar-refractivity contribution is 7.99. The minimum atomic E-state index is 0.551. The molecule has 2 aliphatic heterocycles. The molecule has 0 N–H and O–H groups in total. The van der Waals surface area contributed by atoms with Crippen molar-refractivity contribution in [2.75, 3.05) is 17.4 Å². The maximum Gasteiger partial charge on any atom is 0.0932 e. The van der Waals surface area contributed by atoms with Crippen molar-refractivity contribution in [2.45, 2.75) is 25.4 Å². The van der Waals surface area contributed by atoms with E-state index in [1.807, 2.05) is 6.21 Å². The van der Waals surface area contributed by atoms with Gasteiger partial charge in [-0.15, -0.1) is 0 Å². The number of rotatable bonds is 4. The first kappa shape index (κ1) is 18.5. The smallest absolute Gasteiger partial charge is 0.0932 e. The van der Waals surface area contributed by atoms with Crippen LogP contribution in [-0.4, -0.2) is 30.2 Å². The molecule has 0 bridgehead atoms. The van der Waals surface area contributed by atoms with Crippen LogP contribution in [-0.2, 0) is 6.54 Å². The molecule has 0 aromatic heterocycles. The Morgan fingerprint density at radius 1 is 0.793 bits per heavy atom. The molecule has 4 heteroatoms. The summed E-state index contributed by atoms with van der Waals surface area (Å²) in [6.07, 6.45) is 4.34. The van der Waals surface area contributed by atoms with Gasteiger partial charge < -0.3 is 0 Å². The lowest BCUT2D eigenvalue weighted by molar-refractivity contribution is 0.207. The molecular weight excluding hydrogens is 374 g/mol. The molecule has 0 amide bonds. The Morgan fingerprint density at radius 3 is 2.28 bits per heavy atom. The minimum absolute atomic E-state index is 0.551. The summed E-state index contributed by atoms with van der Waals surface area (Å²) in [5.74, 6) is 0.